The van der Waals surface area contributed by atoms with Crippen molar-refractivity contribution >= 4 is 23.4 Å². The molecule has 0 radical (unpaired) electrons. The van der Waals surface area contributed by atoms with E-state index in [1.54, 1.807) is 4.90 Å². The van der Waals surface area contributed by atoms with Gasteiger partial charge in [-0.15, -0.1) is 0 Å². The van der Waals surface area contributed by atoms with Crippen LogP contribution in [-0.2, 0) is 19.1 Å². The molecule has 8 nitrogen and oxygen atoms in total. The zero-order chi connectivity index (χ0) is 28.9. The maximum Gasteiger partial charge on any atom is 0.246 e. The summed E-state index contributed by atoms with van der Waals surface area (Å²) in [6.45, 7) is 10.9. The summed E-state index contributed by atoms with van der Waals surface area (Å²) < 4.78 is 6.55. The SMILES string of the molecule is Cc1cccc(NC(=O)C2C3C=CC4(O3)C2C(=O)N(CCN2CCCCC2C)C4C(=O)NC2CCCC(C)C2C)c1. The highest BCUT2D eigenvalue weighted by Crippen LogP contribution is 2.55. The first-order valence-corrected chi connectivity index (χ1v) is 15.8. The largest absolute Gasteiger partial charge is 0.359 e. The van der Waals surface area contributed by atoms with E-state index >= 15 is 0 Å². The van der Waals surface area contributed by atoms with Crippen LogP contribution >= 0.6 is 0 Å². The van der Waals surface area contributed by atoms with Gasteiger partial charge in [-0.3, -0.25) is 19.3 Å². The van der Waals surface area contributed by atoms with Crippen molar-refractivity contribution in [3.8, 4) is 0 Å². The molecule has 1 aromatic rings. The molecule has 1 aliphatic carbocycles. The van der Waals surface area contributed by atoms with Gasteiger partial charge in [0.25, 0.3) is 0 Å². The van der Waals surface area contributed by atoms with E-state index in [0.29, 0.717) is 36.7 Å². The third-order valence-corrected chi connectivity index (χ3v) is 10.8. The fraction of sp³-hybridized carbons (Fsp3) is 0.667. The minimum Gasteiger partial charge on any atom is -0.359 e. The molecule has 4 heterocycles. The van der Waals surface area contributed by atoms with Crippen LogP contribution in [0.1, 0.15) is 64.9 Å². The zero-order valence-corrected chi connectivity index (χ0v) is 25.0. The molecule has 6 rings (SSSR count). The van der Waals surface area contributed by atoms with Gasteiger partial charge in [0, 0.05) is 30.9 Å². The Kier molecular flexibility index (Phi) is 7.74. The topological polar surface area (TPSA) is 91.0 Å². The number of amides is 3. The number of hydrogen-bond acceptors (Lipinski definition) is 5. The molecule has 2 bridgehead atoms. The minimum atomic E-state index is -1.13. The van der Waals surface area contributed by atoms with E-state index in [-0.39, 0.29) is 23.8 Å². The van der Waals surface area contributed by atoms with Crippen LogP contribution in [0.5, 0.6) is 0 Å². The molecule has 4 fully saturated rings. The molecule has 9 unspecified atom stereocenters. The first-order chi connectivity index (χ1) is 19.7. The molecule has 3 amide bonds. The van der Waals surface area contributed by atoms with Gasteiger partial charge in [-0.05, 0) is 69.2 Å². The molecular weight excluding hydrogens is 516 g/mol. The van der Waals surface area contributed by atoms with Crippen LogP contribution in [0.4, 0.5) is 5.69 Å². The maximum absolute atomic E-state index is 14.3. The quantitative estimate of drug-likeness (QED) is 0.492. The molecule has 3 saturated heterocycles. The Morgan fingerprint density at radius 3 is 2.66 bits per heavy atom. The lowest BCUT2D eigenvalue weighted by Crippen LogP contribution is -2.58. The number of carbonyl (C=O) groups is 3. The summed E-state index contributed by atoms with van der Waals surface area (Å²) in [7, 11) is 0. The number of likely N-dealkylation sites (tertiary alicyclic amines) is 2. The Morgan fingerprint density at radius 1 is 1.05 bits per heavy atom. The van der Waals surface area contributed by atoms with Gasteiger partial charge < -0.3 is 20.3 Å². The number of aryl methyl sites for hydroxylation is 1. The van der Waals surface area contributed by atoms with Crippen LogP contribution in [0.15, 0.2) is 36.4 Å². The second-order valence-corrected chi connectivity index (χ2v) is 13.4. The average molecular weight is 563 g/mol. The van der Waals surface area contributed by atoms with Gasteiger partial charge in [-0.1, -0.05) is 57.4 Å². The first-order valence-electron chi connectivity index (χ1n) is 15.8. The lowest BCUT2D eigenvalue weighted by molar-refractivity contribution is -0.142. The summed E-state index contributed by atoms with van der Waals surface area (Å²) in [5.41, 5.74) is 0.616. The Morgan fingerprint density at radius 2 is 1.88 bits per heavy atom. The summed E-state index contributed by atoms with van der Waals surface area (Å²) in [4.78, 5) is 46.4. The first kappa shape index (κ1) is 28.4. The number of nitrogens with zero attached hydrogens (tertiary/aromatic N) is 2. The van der Waals surface area contributed by atoms with Crippen LogP contribution in [-0.4, -0.2) is 77.0 Å². The predicted molar refractivity (Wildman–Crippen MR) is 158 cm³/mol. The van der Waals surface area contributed by atoms with Crippen molar-refractivity contribution in [1.82, 2.24) is 15.1 Å². The smallest absolute Gasteiger partial charge is 0.246 e. The van der Waals surface area contributed by atoms with Gasteiger partial charge in [0.2, 0.25) is 17.7 Å². The standard InChI is InChI=1S/C33H46N4O4/c1-20-9-7-12-24(19-20)34-30(38)27-26-14-15-33(41-26)28(27)32(40)37(18-17-36-16-6-5-11-22(36)3)29(33)31(39)35-25-13-8-10-21(2)23(25)4/h7,9,12,14-15,19,21-23,25-29H,5-6,8,10-11,13,16-18H2,1-4H3,(H,34,38)(H,35,39). The zero-order valence-electron chi connectivity index (χ0n) is 25.0. The van der Waals surface area contributed by atoms with E-state index in [4.69, 9.17) is 4.74 Å². The van der Waals surface area contributed by atoms with Crippen LogP contribution in [0, 0.1) is 30.6 Å². The minimum absolute atomic E-state index is 0.0729. The van der Waals surface area contributed by atoms with Crippen LogP contribution < -0.4 is 10.6 Å². The molecule has 8 heteroatoms. The second kappa shape index (κ2) is 11.2. The summed E-state index contributed by atoms with van der Waals surface area (Å²) in [5.74, 6) is -1.03. The molecule has 222 valence electrons. The van der Waals surface area contributed by atoms with Crippen molar-refractivity contribution < 1.29 is 19.1 Å². The number of ether oxygens (including phenoxy) is 1. The summed E-state index contributed by atoms with van der Waals surface area (Å²) in [6.07, 6.45) is 10.0. The lowest BCUT2D eigenvalue weighted by Gasteiger charge is -2.39. The molecule has 1 spiro atoms. The molecule has 5 aliphatic rings. The van der Waals surface area contributed by atoms with Crippen molar-refractivity contribution in [1.29, 1.82) is 0 Å². The normalized spacial score (nSPS) is 38.2. The molecule has 2 N–H and O–H groups in total. The maximum atomic E-state index is 14.3. The van der Waals surface area contributed by atoms with E-state index in [0.717, 1.165) is 37.8 Å². The van der Waals surface area contributed by atoms with E-state index in [1.165, 1.54) is 12.8 Å². The fourth-order valence-electron chi connectivity index (χ4n) is 8.23. The van der Waals surface area contributed by atoms with Gasteiger partial charge in [0.15, 0.2) is 0 Å². The van der Waals surface area contributed by atoms with Crippen molar-refractivity contribution in [3.63, 3.8) is 0 Å². The van der Waals surface area contributed by atoms with Crippen molar-refractivity contribution in [2.24, 2.45) is 23.7 Å². The molecule has 4 aliphatic heterocycles. The summed E-state index contributed by atoms with van der Waals surface area (Å²) >= 11 is 0. The van der Waals surface area contributed by atoms with Crippen molar-refractivity contribution in [3.05, 3.63) is 42.0 Å². The van der Waals surface area contributed by atoms with E-state index in [9.17, 15) is 14.4 Å². The molecule has 0 aromatic heterocycles. The van der Waals surface area contributed by atoms with Gasteiger partial charge in [-0.2, -0.15) is 0 Å². The number of fused-ring (bicyclic) bond motifs is 1. The Balaban J connectivity index is 1.28. The monoisotopic (exact) mass is 562 g/mol. The molecular formula is C33H46N4O4. The molecule has 41 heavy (non-hydrogen) atoms. The Labute approximate surface area is 244 Å². The highest BCUT2D eigenvalue weighted by molar-refractivity contribution is 6.02. The highest BCUT2D eigenvalue weighted by atomic mass is 16.5. The Hall–Kier alpha value is -2.71. The van der Waals surface area contributed by atoms with Crippen LogP contribution in [0.25, 0.3) is 0 Å². The van der Waals surface area contributed by atoms with E-state index in [2.05, 4.69) is 36.3 Å². The summed E-state index contributed by atoms with van der Waals surface area (Å²) in [6, 6.07) is 7.40. The molecule has 1 aromatic carbocycles. The number of hydrogen-bond donors (Lipinski definition) is 2. The van der Waals surface area contributed by atoms with Crippen molar-refractivity contribution in [2.75, 3.05) is 25.0 Å². The van der Waals surface area contributed by atoms with Crippen LogP contribution in [0.3, 0.4) is 0 Å². The number of carbonyl (C=O) groups excluding carboxylic acids is 3. The van der Waals surface area contributed by atoms with E-state index in [1.807, 2.05) is 43.3 Å². The van der Waals surface area contributed by atoms with E-state index < -0.39 is 29.6 Å². The second-order valence-electron chi connectivity index (χ2n) is 13.4. The number of nitrogens with one attached hydrogen (secondary N) is 2. The van der Waals surface area contributed by atoms with Crippen molar-refractivity contribution in [2.45, 2.75) is 96.1 Å². The van der Waals surface area contributed by atoms with Gasteiger partial charge >= 0.3 is 0 Å². The van der Waals surface area contributed by atoms with Gasteiger partial charge in [0.1, 0.15) is 11.6 Å². The fourth-order valence-corrected chi connectivity index (χ4v) is 8.23. The van der Waals surface area contributed by atoms with Gasteiger partial charge in [-0.25, -0.2) is 0 Å². The van der Waals surface area contributed by atoms with Gasteiger partial charge in [0.05, 0.1) is 17.9 Å². The predicted octanol–water partition coefficient (Wildman–Crippen LogP) is 3.90. The summed E-state index contributed by atoms with van der Waals surface area (Å²) in [5, 5.41) is 6.39. The average Bonchev–Trinajstić information content (AvgIpc) is 3.58. The van der Waals surface area contributed by atoms with Crippen LogP contribution in [0.2, 0.25) is 0 Å². The molecule has 1 saturated carbocycles. The lowest BCUT2D eigenvalue weighted by atomic mass is 9.73. The third kappa shape index (κ3) is 5.01. The number of piperidine rings is 1. The molecule has 9 atom stereocenters. The number of anilines is 1. The highest BCUT2D eigenvalue weighted by Gasteiger charge is 2.72. The third-order valence-electron chi connectivity index (χ3n) is 10.8. The Bertz CT molecular complexity index is 1220. The number of rotatable bonds is 7. The number of benzene rings is 1.